The normalized spacial score (nSPS) is 19.8. The fraction of sp³-hybridized carbons (Fsp3) is 0.778. The second-order valence-corrected chi connectivity index (χ2v) is 3.21. The summed E-state index contributed by atoms with van der Waals surface area (Å²) in [5.41, 5.74) is 0. The van der Waals surface area contributed by atoms with Gasteiger partial charge in [-0.2, -0.15) is 0 Å². The van der Waals surface area contributed by atoms with Gasteiger partial charge in [0.1, 0.15) is 0 Å². The van der Waals surface area contributed by atoms with Gasteiger partial charge in [0.25, 0.3) is 0 Å². The van der Waals surface area contributed by atoms with E-state index in [9.17, 15) is 0 Å². The molecule has 1 N–H and O–H groups in total. The molecule has 1 rings (SSSR count). The van der Waals surface area contributed by atoms with E-state index in [4.69, 9.17) is 0 Å². The van der Waals surface area contributed by atoms with Gasteiger partial charge in [-0.25, -0.2) is 0 Å². The van der Waals surface area contributed by atoms with Gasteiger partial charge in [0.05, 0.1) is 12.6 Å². The molecule has 0 radical (unpaired) electrons. The Morgan fingerprint density at radius 2 is 2.08 bits per heavy atom. The van der Waals surface area contributed by atoms with E-state index in [1.54, 1.807) is 0 Å². The Labute approximate surface area is 93.3 Å². The van der Waals surface area contributed by atoms with Crippen LogP contribution in [0.15, 0.2) is 0 Å². The molecule has 2 nitrogen and oxygen atoms in total. The van der Waals surface area contributed by atoms with Crippen LogP contribution in [0.1, 0.15) is 12.8 Å². The molecule has 0 aromatic heterocycles. The molecule has 1 saturated heterocycles. The average Bonchev–Trinajstić information content (AvgIpc) is 2.39. The maximum Gasteiger partial charge on any atom is 0.0690 e. The number of nitrogens with zero attached hydrogens (tertiary/aromatic N) is 1. The Kier molecular flexibility index (Phi) is 10.3. The lowest BCUT2D eigenvalue weighted by Crippen LogP contribution is -2.19. The van der Waals surface area contributed by atoms with Crippen molar-refractivity contribution in [2.24, 2.45) is 0 Å². The number of rotatable bonds is 1. The number of nitrogens with one attached hydrogen (secondary N) is 1. The molecular weight excluding hydrogens is 207 g/mol. The van der Waals surface area contributed by atoms with E-state index in [1.807, 2.05) is 14.1 Å². The Balaban J connectivity index is 0. The molecule has 0 aromatic carbocycles. The Morgan fingerprint density at radius 1 is 1.38 bits per heavy atom. The molecule has 0 aromatic rings. The van der Waals surface area contributed by atoms with E-state index in [0.717, 1.165) is 13.1 Å². The van der Waals surface area contributed by atoms with Gasteiger partial charge in [-0.15, -0.1) is 24.8 Å². The lowest BCUT2D eigenvalue weighted by Gasteiger charge is -2.02. The highest BCUT2D eigenvalue weighted by Crippen LogP contribution is 2.02. The molecule has 0 unspecified atom stereocenters. The standard InChI is InChI=1S/C9H16N2.2ClH/c1-11(2)8-4-6-9-5-3-7-10-9;;/h9-10H,3,5,7-8H2,1-2H3;2*1H/t9-;;/m0../s1. The zero-order valence-electron chi connectivity index (χ0n) is 8.17. The van der Waals surface area contributed by atoms with Crippen LogP contribution in [0.25, 0.3) is 0 Å². The summed E-state index contributed by atoms with van der Waals surface area (Å²) in [6.45, 7) is 2.01. The quantitative estimate of drug-likeness (QED) is 0.673. The summed E-state index contributed by atoms with van der Waals surface area (Å²) in [4.78, 5) is 2.09. The molecule has 1 aliphatic heterocycles. The minimum absolute atomic E-state index is 0. The third kappa shape index (κ3) is 7.16. The van der Waals surface area contributed by atoms with Crippen molar-refractivity contribution in [1.29, 1.82) is 0 Å². The largest absolute Gasteiger partial charge is 0.304 e. The minimum Gasteiger partial charge on any atom is -0.304 e. The fourth-order valence-corrected chi connectivity index (χ4v) is 1.13. The highest BCUT2D eigenvalue weighted by molar-refractivity contribution is 5.85. The van der Waals surface area contributed by atoms with Crippen molar-refractivity contribution in [3.8, 4) is 11.8 Å². The third-order valence-electron chi connectivity index (χ3n) is 1.73. The molecule has 1 heterocycles. The topological polar surface area (TPSA) is 15.3 Å². The molecule has 0 aliphatic carbocycles. The summed E-state index contributed by atoms with van der Waals surface area (Å²) in [6, 6.07) is 0.468. The summed E-state index contributed by atoms with van der Waals surface area (Å²) in [5, 5.41) is 3.34. The maximum atomic E-state index is 3.34. The van der Waals surface area contributed by atoms with Crippen LogP contribution in [0, 0.1) is 11.8 Å². The molecule has 13 heavy (non-hydrogen) atoms. The molecule has 0 saturated carbocycles. The van der Waals surface area contributed by atoms with Crippen molar-refractivity contribution in [3.63, 3.8) is 0 Å². The first-order valence-electron chi connectivity index (χ1n) is 4.15. The van der Waals surface area contributed by atoms with Gasteiger partial charge in [-0.3, -0.25) is 4.90 Å². The highest BCUT2D eigenvalue weighted by atomic mass is 35.5. The van der Waals surface area contributed by atoms with Gasteiger partial charge < -0.3 is 5.32 Å². The molecule has 0 amide bonds. The average molecular weight is 225 g/mol. The fourth-order valence-electron chi connectivity index (χ4n) is 1.13. The van der Waals surface area contributed by atoms with Gasteiger partial charge in [0, 0.05) is 0 Å². The maximum absolute atomic E-state index is 3.34. The van der Waals surface area contributed by atoms with E-state index < -0.39 is 0 Å². The van der Waals surface area contributed by atoms with Crippen LogP contribution in [0.5, 0.6) is 0 Å². The van der Waals surface area contributed by atoms with Crippen LogP contribution in [-0.2, 0) is 0 Å². The number of hydrogen-bond acceptors (Lipinski definition) is 2. The van der Waals surface area contributed by atoms with E-state index >= 15 is 0 Å². The van der Waals surface area contributed by atoms with Crippen molar-refractivity contribution in [1.82, 2.24) is 10.2 Å². The van der Waals surface area contributed by atoms with Crippen molar-refractivity contribution in [2.75, 3.05) is 27.2 Å². The zero-order valence-corrected chi connectivity index (χ0v) is 9.80. The summed E-state index contributed by atoms with van der Waals surface area (Å²) in [5.74, 6) is 6.35. The van der Waals surface area contributed by atoms with Gasteiger partial charge in [0.15, 0.2) is 0 Å². The number of hydrogen-bond donors (Lipinski definition) is 1. The van der Waals surface area contributed by atoms with Crippen molar-refractivity contribution in [2.45, 2.75) is 18.9 Å². The van der Waals surface area contributed by atoms with Crippen LogP contribution >= 0.6 is 24.8 Å². The van der Waals surface area contributed by atoms with Crippen LogP contribution in [0.3, 0.4) is 0 Å². The second kappa shape index (κ2) is 8.65. The smallest absolute Gasteiger partial charge is 0.0690 e. The lowest BCUT2D eigenvalue weighted by molar-refractivity contribution is 0.463. The van der Waals surface area contributed by atoms with Gasteiger partial charge in [-0.1, -0.05) is 11.8 Å². The second-order valence-electron chi connectivity index (χ2n) is 3.21. The first-order chi connectivity index (χ1) is 5.29. The van der Waals surface area contributed by atoms with Crippen LogP contribution in [0.2, 0.25) is 0 Å². The predicted octanol–water partition coefficient (Wildman–Crippen LogP) is 1.15. The van der Waals surface area contributed by atoms with E-state index in [0.29, 0.717) is 6.04 Å². The predicted molar refractivity (Wildman–Crippen MR) is 61.9 cm³/mol. The first-order valence-corrected chi connectivity index (χ1v) is 4.15. The van der Waals surface area contributed by atoms with Crippen molar-refractivity contribution in [3.05, 3.63) is 0 Å². The molecule has 1 aliphatic rings. The monoisotopic (exact) mass is 224 g/mol. The summed E-state index contributed by atoms with van der Waals surface area (Å²) in [7, 11) is 4.08. The Bertz CT molecular complexity index is 166. The molecule has 0 spiro atoms. The molecule has 1 fully saturated rings. The van der Waals surface area contributed by atoms with E-state index in [2.05, 4.69) is 22.1 Å². The zero-order chi connectivity index (χ0) is 8.10. The van der Waals surface area contributed by atoms with Gasteiger partial charge in [-0.05, 0) is 33.5 Å². The van der Waals surface area contributed by atoms with E-state index in [1.165, 1.54) is 12.8 Å². The third-order valence-corrected chi connectivity index (χ3v) is 1.73. The minimum atomic E-state index is 0. The lowest BCUT2D eigenvalue weighted by atomic mass is 10.2. The van der Waals surface area contributed by atoms with Crippen molar-refractivity contribution < 1.29 is 0 Å². The summed E-state index contributed by atoms with van der Waals surface area (Å²) in [6.07, 6.45) is 2.50. The summed E-state index contributed by atoms with van der Waals surface area (Å²) >= 11 is 0. The highest BCUT2D eigenvalue weighted by Gasteiger charge is 2.09. The molecule has 4 heteroatoms. The van der Waals surface area contributed by atoms with Crippen LogP contribution < -0.4 is 5.32 Å². The van der Waals surface area contributed by atoms with Crippen LogP contribution in [-0.4, -0.2) is 38.1 Å². The first kappa shape index (κ1) is 15.5. The Morgan fingerprint density at radius 3 is 2.54 bits per heavy atom. The Hall–Kier alpha value is 0.0600. The molecule has 78 valence electrons. The number of halogens is 2. The van der Waals surface area contributed by atoms with Crippen LogP contribution in [0.4, 0.5) is 0 Å². The molecule has 0 bridgehead atoms. The van der Waals surface area contributed by atoms with Crippen molar-refractivity contribution >= 4 is 24.8 Å². The van der Waals surface area contributed by atoms with Gasteiger partial charge >= 0.3 is 0 Å². The SMILES string of the molecule is CN(C)CC#C[C@@H]1CCCN1.Cl.Cl. The summed E-state index contributed by atoms with van der Waals surface area (Å²) < 4.78 is 0. The van der Waals surface area contributed by atoms with Gasteiger partial charge in [0.2, 0.25) is 0 Å². The molecule has 1 atom stereocenters. The van der Waals surface area contributed by atoms with E-state index in [-0.39, 0.29) is 24.8 Å². The molecular formula is C9H18Cl2N2.